The van der Waals surface area contributed by atoms with Gasteiger partial charge < -0.3 is 5.11 Å². The van der Waals surface area contributed by atoms with Gasteiger partial charge in [-0.1, -0.05) is 0 Å². The van der Waals surface area contributed by atoms with Crippen LogP contribution in [0.4, 0.5) is 4.79 Å². The second kappa shape index (κ2) is 2.02. The van der Waals surface area contributed by atoms with Crippen LogP contribution in [-0.2, 0) is 4.79 Å². The number of carboxylic acid groups (broad SMARTS) is 1. The number of carboxylic acids is 1. The average molecular weight is 140 g/mol. The van der Waals surface area contributed by atoms with Gasteiger partial charge in [-0.3, -0.25) is 0 Å². The minimum absolute atomic E-state index is 0.164. The quantitative estimate of drug-likeness (QED) is 0.561. The lowest BCUT2D eigenvalue weighted by Crippen LogP contribution is -2.18. The van der Waals surface area contributed by atoms with Crippen molar-refractivity contribution < 1.29 is 14.7 Å². The molecule has 1 heterocycles. The zero-order chi connectivity index (χ0) is 7.72. The molecule has 2 amide bonds. The highest BCUT2D eigenvalue weighted by atomic mass is 16.4. The van der Waals surface area contributed by atoms with Crippen molar-refractivity contribution >= 4 is 23.4 Å². The summed E-state index contributed by atoms with van der Waals surface area (Å²) in [5, 5.41) is 8.34. The second-order valence-corrected chi connectivity index (χ2v) is 1.75. The Bertz CT molecular complexity index is 264. The van der Waals surface area contributed by atoms with Gasteiger partial charge in [0.05, 0.1) is 5.71 Å². The van der Waals surface area contributed by atoms with E-state index in [1.54, 1.807) is 0 Å². The molecule has 0 unspecified atom stereocenters. The zero-order valence-corrected chi connectivity index (χ0v) is 5.16. The fraction of sp³-hybridized carbons (Fsp3) is 0.200. The lowest BCUT2D eigenvalue weighted by molar-refractivity contribution is -0.129. The van der Waals surface area contributed by atoms with Gasteiger partial charge in [0.15, 0.2) is 5.71 Å². The molecule has 1 aliphatic rings. The Kier molecular flexibility index (Phi) is 1.33. The molecule has 0 spiro atoms. The van der Waals surface area contributed by atoms with Crippen molar-refractivity contribution in [1.82, 2.24) is 0 Å². The number of urea groups is 1. The first-order valence-electron chi connectivity index (χ1n) is 2.53. The van der Waals surface area contributed by atoms with Crippen LogP contribution < -0.4 is 0 Å². The first-order chi connectivity index (χ1) is 4.61. The van der Waals surface area contributed by atoms with E-state index >= 15 is 0 Å². The van der Waals surface area contributed by atoms with Gasteiger partial charge in [-0.25, -0.2) is 9.59 Å². The van der Waals surface area contributed by atoms with Gasteiger partial charge in [0.25, 0.3) is 0 Å². The number of nitrogens with zero attached hydrogens (tertiary/aromatic N) is 2. The zero-order valence-electron chi connectivity index (χ0n) is 5.16. The number of aliphatic carboxylic acids is 1. The van der Waals surface area contributed by atoms with Crippen LogP contribution in [0, 0.1) is 0 Å². The molecule has 1 N–H and O–H groups in total. The third-order valence-corrected chi connectivity index (χ3v) is 1.02. The topological polar surface area (TPSA) is 79.1 Å². The molecule has 0 aromatic rings. The number of carbonyl (C=O) groups excluding carboxylic acids is 1. The standard InChI is InChI=1S/C5H4N2O3/c1-2-3(4(8)9)7-5(10)6-2/h1H3,(H,8,9). The van der Waals surface area contributed by atoms with E-state index in [1.807, 2.05) is 0 Å². The van der Waals surface area contributed by atoms with E-state index in [2.05, 4.69) is 9.98 Å². The summed E-state index contributed by atoms with van der Waals surface area (Å²) in [6, 6.07) is -0.741. The van der Waals surface area contributed by atoms with Gasteiger partial charge in [-0.05, 0) is 6.92 Å². The molecule has 1 rings (SSSR count). The highest BCUT2D eigenvalue weighted by molar-refractivity contribution is 6.68. The molecular formula is C5H4N2O3. The predicted molar refractivity (Wildman–Crippen MR) is 33.6 cm³/mol. The van der Waals surface area contributed by atoms with Gasteiger partial charge >= 0.3 is 12.0 Å². The number of rotatable bonds is 1. The van der Waals surface area contributed by atoms with E-state index in [-0.39, 0.29) is 11.4 Å². The lowest BCUT2D eigenvalue weighted by atomic mass is 10.3. The van der Waals surface area contributed by atoms with Crippen molar-refractivity contribution in [1.29, 1.82) is 0 Å². The van der Waals surface area contributed by atoms with Crippen LogP contribution in [0.3, 0.4) is 0 Å². The van der Waals surface area contributed by atoms with E-state index < -0.39 is 12.0 Å². The van der Waals surface area contributed by atoms with Crippen molar-refractivity contribution in [2.75, 3.05) is 0 Å². The summed E-state index contributed by atoms with van der Waals surface area (Å²) in [6.45, 7) is 1.43. The van der Waals surface area contributed by atoms with Gasteiger partial charge in [0.1, 0.15) is 0 Å². The molecule has 0 aliphatic carbocycles. The summed E-state index contributed by atoms with van der Waals surface area (Å²) in [4.78, 5) is 27.0. The third-order valence-electron chi connectivity index (χ3n) is 1.02. The highest BCUT2D eigenvalue weighted by Crippen LogP contribution is 1.98. The first kappa shape index (κ1) is 6.60. The monoisotopic (exact) mass is 140 g/mol. The summed E-state index contributed by atoms with van der Waals surface area (Å²) in [5.74, 6) is -1.22. The molecule has 0 radical (unpaired) electrons. The SMILES string of the molecule is CC1=NC(=O)N=C1C(=O)O. The van der Waals surface area contributed by atoms with Crippen LogP contribution in [0.5, 0.6) is 0 Å². The molecule has 52 valence electrons. The Hall–Kier alpha value is -1.52. The molecule has 10 heavy (non-hydrogen) atoms. The number of carbonyl (C=O) groups is 2. The molecule has 0 bridgehead atoms. The number of hydrogen-bond donors (Lipinski definition) is 1. The van der Waals surface area contributed by atoms with Crippen LogP contribution in [0.15, 0.2) is 9.98 Å². The largest absolute Gasteiger partial charge is 0.476 e. The van der Waals surface area contributed by atoms with Crippen molar-refractivity contribution in [3.63, 3.8) is 0 Å². The third kappa shape index (κ3) is 0.928. The Labute approximate surface area is 56.1 Å². The molecule has 1 aliphatic heterocycles. The van der Waals surface area contributed by atoms with Crippen LogP contribution >= 0.6 is 0 Å². The first-order valence-corrected chi connectivity index (χ1v) is 2.53. The summed E-state index contributed by atoms with van der Waals surface area (Å²) >= 11 is 0. The van der Waals surface area contributed by atoms with Crippen molar-refractivity contribution in [3.05, 3.63) is 0 Å². The minimum atomic E-state index is -1.22. The van der Waals surface area contributed by atoms with E-state index in [1.165, 1.54) is 6.92 Å². The molecule has 5 heteroatoms. The van der Waals surface area contributed by atoms with E-state index in [4.69, 9.17) is 5.11 Å². The Morgan fingerprint density at radius 3 is 2.30 bits per heavy atom. The number of amides is 2. The Morgan fingerprint density at radius 1 is 1.50 bits per heavy atom. The van der Waals surface area contributed by atoms with E-state index in [0.717, 1.165) is 0 Å². The van der Waals surface area contributed by atoms with Crippen molar-refractivity contribution in [2.45, 2.75) is 6.92 Å². The van der Waals surface area contributed by atoms with Crippen LogP contribution in [0.2, 0.25) is 0 Å². The molecule has 0 aromatic heterocycles. The summed E-state index contributed by atoms with van der Waals surface area (Å²) in [6.07, 6.45) is 0. The molecule has 0 saturated carbocycles. The van der Waals surface area contributed by atoms with Gasteiger partial charge in [-0.15, -0.1) is 0 Å². The van der Waals surface area contributed by atoms with Crippen molar-refractivity contribution in [3.8, 4) is 0 Å². The predicted octanol–water partition coefficient (Wildman–Crippen LogP) is 0.106. The Morgan fingerprint density at radius 2 is 2.10 bits per heavy atom. The summed E-state index contributed by atoms with van der Waals surface area (Å²) < 4.78 is 0. The van der Waals surface area contributed by atoms with Gasteiger partial charge in [-0.2, -0.15) is 9.98 Å². The van der Waals surface area contributed by atoms with Crippen LogP contribution in [-0.4, -0.2) is 28.5 Å². The van der Waals surface area contributed by atoms with E-state index in [9.17, 15) is 9.59 Å². The average Bonchev–Trinajstić information content (AvgIpc) is 2.10. The Balaban J connectivity index is 3.01. The number of aliphatic imine (C=N–C) groups is 2. The highest BCUT2D eigenvalue weighted by Gasteiger charge is 2.20. The smallest absolute Gasteiger partial charge is 0.368 e. The minimum Gasteiger partial charge on any atom is -0.476 e. The lowest BCUT2D eigenvalue weighted by Gasteiger charge is -1.87. The molecule has 0 aromatic carbocycles. The van der Waals surface area contributed by atoms with Gasteiger partial charge in [0, 0.05) is 0 Å². The fourth-order valence-corrected chi connectivity index (χ4v) is 0.601. The fourth-order valence-electron chi connectivity index (χ4n) is 0.601. The molecule has 5 nitrogen and oxygen atoms in total. The van der Waals surface area contributed by atoms with Gasteiger partial charge in [0.2, 0.25) is 0 Å². The second-order valence-electron chi connectivity index (χ2n) is 1.75. The maximum Gasteiger partial charge on any atom is 0.368 e. The normalized spacial score (nSPS) is 16.7. The van der Waals surface area contributed by atoms with Crippen molar-refractivity contribution in [2.24, 2.45) is 9.98 Å². The van der Waals surface area contributed by atoms with Crippen LogP contribution in [0.25, 0.3) is 0 Å². The van der Waals surface area contributed by atoms with Crippen LogP contribution in [0.1, 0.15) is 6.92 Å². The molecule has 0 atom stereocenters. The maximum absolute atomic E-state index is 10.3. The molecule has 0 fully saturated rings. The maximum atomic E-state index is 10.3. The summed E-state index contributed by atoms with van der Waals surface area (Å²) in [7, 11) is 0. The number of hydrogen-bond acceptors (Lipinski definition) is 2. The summed E-state index contributed by atoms with van der Waals surface area (Å²) in [5.41, 5.74) is -0.0949. The van der Waals surface area contributed by atoms with E-state index in [0.29, 0.717) is 0 Å². The molecule has 0 saturated heterocycles. The molecular weight excluding hydrogens is 136 g/mol.